The zero-order valence-electron chi connectivity index (χ0n) is 6.54. The first-order chi connectivity index (χ1) is 4.95. The highest BCUT2D eigenvalue weighted by atomic mass is 32.2. The van der Waals surface area contributed by atoms with Gasteiger partial charge in [0.15, 0.2) is 0 Å². The van der Waals surface area contributed by atoms with Crippen molar-refractivity contribution in [2.24, 2.45) is 0 Å². The van der Waals surface area contributed by atoms with Crippen molar-refractivity contribution in [3.05, 3.63) is 0 Å². The minimum atomic E-state index is -4.25. The highest BCUT2D eigenvalue weighted by Crippen LogP contribution is 2.04. The molecule has 7 heteroatoms. The monoisotopic (exact) mass is 205 g/mol. The lowest BCUT2D eigenvalue weighted by Gasteiger charge is -2.02. The van der Waals surface area contributed by atoms with Gasteiger partial charge in [0.05, 0.1) is 6.67 Å². The SMILES string of the molecule is N.O=S(=O)(O)CC(F)CCCF. The van der Waals surface area contributed by atoms with Crippen LogP contribution < -0.4 is 6.15 Å². The number of rotatable bonds is 5. The molecule has 4 nitrogen and oxygen atoms in total. The molecule has 4 N–H and O–H groups in total. The molecule has 0 saturated carbocycles. The molecule has 0 fully saturated rings. The molecule has 76 valence electrons. The molecule has 0 amide bonds. The normalized spacial score (nSPS) is 13.6. The van der Waals surface area contributed by atoms with Crippen LogP contribution in [0.3, 0.4) is 0 Å². The summed E-state index contributed by atoms with van der Waals surface area (Å²) in [7, 11) is -4.25. The van der Waals surface area contributed by atoms with Gasteiger partial charge in [0, 0.05) is 0 Å². The number of halogens is 2. The van der Waals surface area contributed by atoms with E-state index in [0.717, 1.165) is 0 Å². The summed E-state index contributed by atoms with van der Waals surface area (Å²) in [6.45, 7) is -0.675. The lowest BCUT2D eigenvalue weighted by Crippen LogP contribution is -2.16. The summed E-state index contributed by atoms with van der Waals surface area (Å²) >= 11 is 0. The molecule has 0 rings (SSSR count). The fourth-order valence-electron chi connectivity index (χ4n) is 0.611. The third-order valence-corrected chi connectivity index (χ3v) is 1.83. The van der Waals surface area contributed by atoms with E-state index in [4.69, 9.17) is 4.55 Å². The first-order valence-electron chi connectivity index (χ1n) is 3.11. The largest absolute Gasteiger partial charge is 0.344 e. The number of hydrogen-bond acceptors (Lipinski definition) is 3. The Hall–Kier alpha value is -0.270. The standard InChI is InChI=1S/C5H10F2O3S.H3N/c6-3-1-2-5(7)4-11(8,9)10;/h5H,1-4H2,(H,8,9,10);1H3. The van der Waals surface area contributed by atoms with Crippen LogP contribution in [-0.2, 0) is 10.1 Å². The maximum atomic E-state index is 12.4. The van der Waals surface area contributed by atoms with Gasteiger partial charge in [-0.15, -0.1) is 0 Å². The number of hydrogen-bond donors (Lipinski definition) is 2. The van der Waals surface area contributed by atoms with Crippen LogP contribution in [0.5, 0.6) is 0 Å². The maximum absolute atomic E-state index is 12.4. The summed E-state index contributed by atoms with van der Waals surface area (Å²) in [5, 5.41) is 0. The van der Waals surface area contributed by atoms with Gasteiger partial charge in [-0.05, 0) is 12.8 Å². The van der Waals surface area contributed by atoms with Crippen molar-refractivity contribution in [3.8, 4) is 0 Å². The smallest absolute Gasteiger partial charge is 0.267 e. The van der Waals surface area contributed by atoms with E-state index in [9.17, 15) is 17.2 Å². The van der Waals surface area contributed by atoms with E-state index in [2.05, 4.69) is 0 Å². The van der Waals surface area contributed by atoms with Crippen LogP contribution in [-0.4, -0.2) is 31.6 Å². The van der Waals surface area contributed by atoms with Crippen LogP contribution >= 0.6 is 0 Å². The predicted molar refractivity (Wildman–Crippen MR) is 41.5 cm³/mol. The first-order valence-corrected chi connectivity index (χ1v) is 4.72. The van der Waals surface area contributed by atoms with Crippen LogP contribution in [0.25, 0.3) is 0 Å². The van der Waals surface area contributed by atoms with E-state index in [1.165, 1.54) is 0 Å². The molecule has 0 aliphatic heterocycles. The zero-order valence-corrected chi connectivity index (χ0v) is 7.36. The van der Waals surface area contributed by atoms with Crippen molar-refractivity contribution in [1.82, 2.24) is 6.15 Å². The van der Waals surface area contributed by atoms with E-state index in [0.29, 0.717) is 0 Å². The molecule has 0 aromatic heterocycles. The molecule has 0 aliphatic rings. The van der Waals surface area contributed by atoms with Crippen LogP contribution in [0.15, 0.2) is 0 Å². The van der Waals surface area contributed by atoms with Gasteiger partial charge in [-0.3, -0.25) is 8.94 Å². The van der Waals surface area contributed by atoms with Crippen LogP contribution in [0.1, 0.15) is 12.8 Å². The molecule has 0 aliphatic carbocycles. The molecule has 12 heavy (non-hydrogen) atoms. The molecule has 0 aromatic rings. The summed E-state index contributed by atoms with van der Waals surface area (Å²) in [6, 6.07) is 0. The van der Waals surface area contributed by atoms with E-state index in [1.807, 2.05) is 0 Å². The highest BCUT2D eigenvalue weighted by molar-refractivity contribution is 7.85. The third-order valence-electron chi connectivity index (χ3n) is 1.04. The Kier molecular flexibility index (Phi) is 7.45. The number of alkyl halides is 2. The molecule has 1 unspecified atom stereocenters. The van der Waals surface area contributed by atoms with Crippen LogP contribution in [0, 0.1) is 0 Å². The molecular formula is C5H13F2NO3S. The summed E-state index contributed by atoms with van der Waals surface area (Å²) < 4.78 is 52.0. The van der Waals surface area contributed by atoms with Crippen molar-refractivity contribution in [2.45, 2.75) is 19.0 Å². The summed E-state index contributed by atoms with van der Waals surface area (Å²) in [4.78, 5) is 0. The van der Waals surface area contributed by atoms with Gasteiger partial charge in [-0.1, -0.05) is 0 Å². The molecule has 1 atom stereocenters. The molecule has 0 heterocycles. The minimum Gasteiger partial charge on any atom is -0.344 e. The quantitative estimate of drug-likeness (QED) is 0.658. The van der Waals surface area contributed by atoms with E-state index >= 15 is 0 Å². The van der Waals surface area contributed by atoms with Crippen LogP contribution in [0.4, 0.5) is 8.78 Å². The summed E-state index contributed by atoms with van der Waals surface area (Å²) in [5.41, 5.74) is 0. The van der Waals surface area contributed by atoms with E-state index in [-0.39, 0.29) is 19.0 Å². The molecule has 0 saturated heterocycles. The van der Waals surface area contributed by atoms with Gasteiger partial charge in [-0.2, -0.15) is 8.42 Å². The van der Waals surface area contributed by atoms with Gasteiger partial charge < -0.3 is 6.15 Å². The van der Waals surface area contributed by atoms with Crippen LogP contribution in [0.2, 0.25) is 0 Å². The van der Waals surface area contributed by atoms with Gasteiger partial charge in [0.25, 0.3) is 10.1 Å². The first kappa shape index (κ1) is 14.3. The van der Waals surface area contributed by atoms with Gasteiger partial charge in [-0.25, -0.2) is 4.39 Å². The molecule has 0 bridgehead atoms. The third kappa shape index (κ3) is 9.73. The van der Waals surface area contributed by atoms with E-state index < -0.39 is 28.7 Å². The predicted octanol–water partition coefficient (Wildman–Crippen LogP) is 1.12. The Labute approximate surface area is 70.3 Å². The summed E-state index contributed by atoms with van der Waals surface area (Å²) in [6.07, 6.45) is -1.85. The van der Waals surface area contributed by atoms with Crippen molar-refractivity contribution in [1.29, 1.82) is 0 Å². The average molecular weight is 205 g/mol. The Bertz CT molecular complexity index is 195. The Morgan fingerprint density at radius 1 is 1.42 bits per heavy atom. The lowest BCUT2D eigenvalue weighted by molar-refractivity contribution is 0.312. The second-order valence-corrected chi connectivity index (χ2v) is 3.67. The Morgan fingerprint density at radius 2 is 1.92 bits per heavy atom. The Balaban J connectivity index is 0. The fourth-order valence-corrected chi connectivity index (χ4v) is 1.23. The van der Waals surface area contributed by atoms with Crippen molar-refractivity contribution < 1.29 is 21.8 Å². The lowest BCUT2D eigenvalue weighted by atomic mass is 10.2. The minimum absolute atomic E-state index is 0. The van der Waals surface area contributed by atoms with Crippen molar-refractivity contribution in [3.63, 3.8) is 0 Å². The van der Waals surface area contributed by atoms with Crippen molar-refractivity contribution in [2.75, 3.05) is 12.4 Å². The van der Waals surface area contributed by atoms with Gasteiger partial charge in [0.1, 0.15) is 11.9 Å². The molecular weight excluding hydrogens is 192 g/mol. The summed E-state index contributed by atoms with van der Waals surface area (Å²) in [5.74, 6) is -0.937. The van der Waals surface area contributed by atoms with Gasteiger partial charge in [0.2, 0.25) is 0 Å². The van der Waals surface area contributed by atoms with Crippen molar-refractivity contribution >= 4 is 10.1 Å². The molecule has 0 aromatic carbocycles. The molecule has 0 spiro atoms. The second-order valence-electron chi connectivity index (χ2n) is 2.18. The fraction of sp³-hybridized carbons (Fsp3) is 1.00. The van der Waals surface area contributed by atoms with Gasteiger partial charge >= 0.3 is 0 Å². The van der Waals surface area contributed by atoms with E-state index in [1.54, 1.807) is 0 Å². The second kappa shape index (κ2) is 6.27. The maximum Gasteiger partial charge on any atom is 0.267 e. The molecule has 0 radical (unpaired) electrons. The average Bonchev–Trinajstić information content (AvgIpc) is 1.79. The highest BCUT2D eigenvalue weighted by Gasteiger charge is 2.14. The Morgan fingerprint density at radius 3 is 2.25 bits per heavy atom. The zero-order chi connectivity index (χ0) is 8.91. The topological polar surface area (TPSA) is 89.4 Å².